The van der Waals surface area contributed by atoms with E-state index >= 15 is 0 Å². The molecule has 0 aromatic carbocycles. The molecule has 0 radical (unpaired) electrons. The second-order valence-electron chi connectivity index (χ2n) is 5.00. The third-order valence-electron chi connectivity index (χ3n) is 3.32. The first-order valence-corrected chi connectivity index (χ1v) is 6.61. The van der Waals surface area contributed by atoms with Crippen LogP contribution < -0.4 is 5.73 Å². The highest BCUT2D eigenvalue weighted by atomic mass is 16.5. The Morgan fingerprint density at radius 2 is 2.33 bits per heavy atom. The lowest BCUT2D eigenvalue weighted by atomic mass is 10.2. The molecule has 0 spiro atoms. The van der Waals surface area contributed by atoms with Crippen molar-refractivity contribution in [3.8, 4) is 0 Å². The van der Waals surface area contributed by atoms with Gasteiger partial charge in [0.1, 0.15) is 0 Å². The Bertz CT molecular complexity index is 271. The summed E-state index contributed by atoms with van der Waals surface area (Å²) in [6, 6.07) is 0.551. The molecule has 0 amide bonds. The molecule has 0 aromatic heterocycles. The Balaban J connectivity index is 2.44. The van der Waals surface area contributed by atoms with E-state index in [1.807, 2.05) is 0 Å². The first-order valence-electron chi connectivity index (χ1n) is 6.61. The average molecular weight is 258 g/mol. The molecule has 3 N–H and O–H groups in total. The zero-order chi connectivity index (χ0) is 13.5. The number of hydrogen-bond donors (Lipinski definition) is 2. The third-order valence-corrected chi connectivity index (χ3v) is 3.32. The van der Waals surface area contributed by atoms with Gasteiger partial charge in [0.25, 0.3) is 0 Å². The van der Waals surface area contributed by atoms with E-state index < -0.39 is 0 Å². The van der Waals surface area contributed by atoms with Gasteiger partial charge < -0.3 is 15.7 Å². The fourth-order valence-corrected chi connectivity index (χ4v) is 2.18. The maximum atomic E-state index is 8.60. The molecule has 1 saturated heterocycles. The maximum Gasteiger partial charge on any atom is 0.153 e. The van der Waals surface area contributed by atoms with Crippen molar-refractivity contribution in [1.82, 2.24) is 9.80 Å². The van der Waals surface area contributed by atoms with Crippen LogP contribution in [0, 0.1) is 0 Å². The molecule has 1 heterocycles. The lowest BCUT2D eigenvalue weighted by Crippen LogP contribution is -2.50. The number of hydrogen-bond acceptors (Lipinski definition) is 5. The van der Waals surface area contributed by atoms with E-state index in [1.165, 1.54) is 0 Å². The molecular weight excluding hydrogens is 232 g/mol. The van der Waals surface area contributed by atoms with E-state index in [1.54, 1.807) is 0 Å². The fraction of sp³-hybridized carbons (Fsp3) is 0.917. The molecule has 1 rings (SSSR count). The van der Waals surface area contributed by atoms with Crippen molar-refractivity contribution in [3.05, 3.63) is 0 Å². The largest absolute Gasteiger partial charge is 0.409 e. The standard InChI is InChI=1S/C12H26N4O2/c1-4-15(9-12(13)14-17)7-11-8-16(10(2)3)5-6-18-11/h10-11,17H,4-9H2,1-3H3,(H2,13,14). The quantitative estimate of drug-likeness (QED) is 0.307. The summed E-state index contributed by atoms with van der Waals surface area (Å²) in [5, 5.41) is 11.6. The van der Waals surface area contributed by atoms with Crippen LogP contribution in [0.5, 0.6) is 0 Å². The molecule has 1 unspecified atom stereocenters. The molecule has 1 atom stereocenters. The van der Waals surface area contributed by atoms with Crippen LogP contribution in [0.2, 0.25) is 0 Å². The van der Waals surface area contributed by atoms with Crippen LogP contribution in [0.3, 0.4) is 0 Å². The molecule has 1 aliphatic rings. The van der Waals surface area contributed by atoms with E-state index in [-0.39, 0.29) is 11.9 Å². The fourth-order valence-electron chi connectivity index (χ4n) is 2.18. The van der Waals surface area contributed by atoms with Crippen molar-refractivity contribution in [3.63, 3.8) is 0 Å². The summed E-state index contributed by atoms with van der Waals surface area (Å²) in [6.07, 6.45) is 0.201. The highest BCUT2D eigenvalue weighted by Crippen LogP contribution is 2.10. The first kappa shape index (κ1) is 15.2. The normalized spacial score (nSPS) is 22.9. The van der Waals surface area contributed by atoms with Crippen LogP contribution in [0.15, 0.2) is 5.16 Å². The van der Waals surface area contributed by atoms with Gasteiger partial charge in [-0.2, -0.15) is 0 Å². The van der Waals surface area contributed by atoms with Gasteiger partial charge in [0.15, 0.2) is 5.84 Å². The molecule has 1 fully saturated rings. The number of morpholine rings is 1. The summed E-state index contributed by atoms with van der Waals surface area (Å²) in [4.78, 5) is 4.55. The monoisotopic (exact) mass is 258 g/mol. The predicted octanol–water partition coefficient (Wildman–Crippen LogP) is 0.164. The van der Waals surface area contributed by atoms with Gasteiger partial charge in [0, 0.05) is 25.7 Å². The van der Waals surface area contributed by atoms with Crippen LogP contribution in [-0.2, 0) is 4.74 Å². The minimum Gasteiger partial charge on any atom is -0.409 e. The Morgan fingerprint density at radius 3 is 2.89 bits per heavy atom. The number of amidine groups is 1. The van der Waals surface area contributed by atoms with Gasteiger partial charge in [-0.3, -0.25) is 9.80 Å². The van der Waals surface area contributed by atoms with Gasteiger partial charge in [0.2, 0.25) is 0 Å². The van der Waals surface area contributed by atoms with Crippen LogP contribution in [0.4, 0.5) is 0 Å². The summed E-state index contributed by atoms with van der Waals surface area (Å²) in [6.45, 7) is 11.4. The van der Waals surface area contributed by atoms with Gasteiger partial charge in [0.05, 0.1) is 19.3 Å². The smallest absolute Gasteiger partial charge is 0.153 e. The maximum absolute atomic E-state index is 8.60. The molecule has 0 saturated carbocycles. The Labute approximate surface area is 109 Å². The van der Waals surface area contributed by atoms with Crippen molar-refractivity contribution in [2.24, 2.45) is 10.9 Å². The van der Waals surface area contributed by atoms with Gasteiger partial charge in [-0.1, -0.05) is 12.1 Å². The number of ether oxygens (including phenoxy) is 1. The number of nitrogens with two attached hydrogens (primary N) is 1. The van der Waals surface area contributed by atoms with E-state index in [4.69, 9.17) is 15.7 Å². The minimum absolute atomic E-state index is 0.201. The third kappa shape index (κ3) is 4.80. The zero-order valence-electron chi connectivity index (χ0n) is 11.7. The highest BCUT2D eigenvalue weighted by molar-refractivity contribution is 5.81. The van der Waals surface area contributed by atoms with Gasteiger partial charge in [-0.15, -0.1) is 0 Å². The first-order chi connectivity index (χ1) is 8.56. The lowest BCUT2D eigenvalue weighted by Gasteiger charge is -2.37. The predicted molar refractivity (Wildman–Crippen MR) is 72.0 cm³/mol. The molecule has 0 aromatic rings. The van der Waals surface area contributed by atoms with Crippen molar-refractivity contribution < 1.29 is 9.94 Å². The second kappa shape index (κ2) is 7.56. The molecule has 18 heavy (non-hydrogen) atoms. The van der Waals surface area contributed by atoms with E-state index in [9.17, 15) is 0 Å². The Hall–Kier alpha value is -0.850. The molecule has 6 nitrogen and oxygen atoms in total. The topological polar surface area (TPSA) is 74.3 Å². The molecular formula is C12H26N4O2. The van der Waals surface area contributed by atoms with Crippen molar-refractivity contribution in [2.45, 2.75) is 32.9 Å². The second-order valence-corrected chi connectivity index (χ2v) is 5.00. The van der Waals surface area contributed by atoms with Gasteiger partial charge in [-0.05, 0) is 20.4 Å². The summed E-state index contributed by atoms with van der Waals surface area (Å²) in [7, 11) is 0. The average Bonchev–Trinajstić information content (AvgIpc) is 2.38. The summed E-state index contributed by atoms with van der Waals surface area (Å²) >= 11 is 0. The van der Waals surface area contributed by atoms with Crippen LogP contribution in [0.25, 0.3) is 0 Å². The van der Waals surface area contributed by atoms with Gasteiger partial charge in [-0.25, -0.2) is 0 Å². The number of likely N-dealkylation sites (N-methyl/N-ethyl adjacent to an activating group) is 1. The SMILES string of the molecule is CCN(CC(N)=NO)CC1CN(C(C)C)CCO1. The Morgan fingerprint density at radius 1 is 1.61 bits per heavy atom. The van der Waals surface area contributed by atoms with Crippen LogP contribution in [0.1, 0.15) is 20.8 Å². The minimum atomic E-state index is 0.201. The highest BCUT2D eigenvalue weighted by Gasteiger charge is 2.23. The van der Waals surface area contributed by atoms with Crippen molar-refractivity contribution in [2.75, 3.05) is 39.3 Å². The van der Waals surface area contributed by atoms with Gasteiger partial charge >= 0.3 is 0 Å². The van der Waals surface area contributed by atoms with E-state index in [2.05, 4.69) is 35.7 Å². The Kier molecular flexibility index (Phi) is 6.38. The molecule has 106 valence electrons. The number of nitrogens with zero attached hydrogens (tertiary/aromatic N) is 3. The van der Waals surface area contributed by atoms with Crippen LogP contribution in [-0.4, -0.2) is 72.3 Å². The zero-order valence-corrected chi connectivity index (χ0v) is 11.7. The lowest BCUT2D eigenvalue weighted by molar-refractivity contribution is -0.0501. The molecule has 0 bridgehead atoms. The van der Waals surface area contributed by atoms with Crippen molar-refractivity contribution in [1.29, 1.82) is 0 Å². The van der Waals surface area contributed by atoms with E-state index in [0.717, 1.165) is 32.8 Å². The molecule has 1 aliphatic heterocycles. The van der Waals surface area contributed by atoms with Crippen LogP contribution >= 0.6 is 0 Å². The summed E-state index contributed by atoms with van der Waals surface area (Å²) in [5.41, 5.74) is 5.54. The van der Waals surface area contributed by atoms with Crippen molar-refractivity contribution >= 4 is 5.84 Å². The summed E-state index contributed by atoms with van der Waals surface area (Å²) in [5.74, 6) is 0.244. The number of oxime groups is 1. The molecule has 6 heteroatoms. The number of rotatable bonds is 6. The summed E-state index contributed by atoms with van der Waals surface area (Å²) < 4.78 is 5.78. The molecule has 0 aliphatic carbocycles. The van der Waals surface area contributed by atoms with E-state index in [0.29, 0.717) is 12.6 Å².